The first kappa shape index (κ1) is 20.5. The summed E-state index contributed by atoms with van der Waals surface area (Å²) in [5.74, 6) is -2.85. The molecule has 1 aromatic heterocycles. The zero-order valence-corrected chi connectivity index (χ0v) is 15.2. The Morgan fingerprint density at radius 2 is 2.00 bits per heavy atom. The predicted octanol–water partition coefficient (Wildman–Crippen LogP) is 3.14. The van der Waals surface area contributed by atoms with Crippen LogP contribution in [-0.4, -0.2) is 29.5 Å². The van der Waals surface area contributed by atoms with Crippen LogP contribution in [0.1, 0.15) is 37.4 Å². The van der Waals surface area contributed by atoms with Crippen molar-refractivity contribution in [1.29, 1.82) is 0 Å². The van der Waals surface area contributed by atoms with Gasteiger partial charge in [-0.2, -0.15) is 0 Å². The van der Waals surface area contributed by atoms with Gasteiger partial charge in [0, 0.05) is 30.8 Å². The lowest BCUT2D eigenvalue weighted by atomic mass is 9.96. The van der Waals surface area contributed by atoms with Crippen LogP contribution in [0.3, 0.4) is 0 Å². The Kier molecular flexibility index (Phi) is 7.40. The monoisotopic (exact) mass is 376 g/mol. The molecular formula is C20H22F2N2O3. The molecule has 2 aromatic rings. The summed E-state index contributed by atoms with van der Waals surface area (Å²) in [4.78, 5) is 28.7. The van der Waals surface area contributed by atoms with Crippen LogP contribution in [-0.2, 0) is 20.7 Å². The number of carbonyl (C=O) groups is 2. The number of rotatable bonds is 8. The van der Waals surface area contributed by atoms with Gasteiger partial charge in [0.1, 0.15) is 17.7 Å². The number of esters is 1. The first-order chi connectivity index (χ1) is 12.9. The minimum Gasteiger partial charge on any atom is -0.464 e. The van der Waals surface area contributed by atoms with E-state index in [9.17, 15) is 18.4 Å². The normalized spacial score (nSPS) is 12.9. The third kappa shape index (κ3) is 6.13. The standard InChI is InChI=1S/C20H22F2N2O3/c1-3-27-20(26)18(12-15-6-4-5-9-23-15)24-19(25)10-13(2)16-8-7-14(21)11-17(16)22/h4-9,11,13,18H,3,10,12H2,1-2H3,(H,24,25). The number of pyridine rings is 1. The molecule has 0 aliphatic rings. The fourth-order valence-corrected chi connectivity index (χ4v) is 2.71. The SMILES string of the molecule is CCOC(=O)C(Cc1ccccn1)NC(=O)CC(C)c1ccc(F)cc1F. The van der Waals surface area contributed by atoms with Crippen LogP contribution in [0.2, 0.25) is 0 Å². The zero-order valence-electron chi connectivity index (χ0n) is 15.2. The molecule has 1 amide bonds. The molecule has 1 heterocycles. The van der Waals surface area contributed by atoms with E-state index in [0.29, 0.717) is 5.69 Å². The third-order valence-corrected chi connectivity index (χ3v) is 4.03. The number of nitrogens with zero attached hydrogens (tertiary/aromatic N) is 1. The van der Waals surface area contributed by atoms with Crippen LogP contribution in [0.5, 0.6) is 0 Å². The highest BCUT2D eigenvalue weighted by Crippen LogP contribution is 2.22. The third-order valence-electron chi connectivity index (χ3n) is 4.03. The van der Waals surface area contributed by atoms with Crippen LogP contribution in [0.4, 0.5) is 8.78 Å². The van der Waals surface area contributed by atoms with Gasteiger partial charge in [-0.05, 0) is 36.6 Å². The fraction of sp³-hybridized carbons (Fsp3) is 0.350. The topological polar surface area (TPSA) is 68.3 Å². The molecule has 2 unspecified atom stereocenters. The van der Waals surface area contributed by atoms with Crippen molar-refractivity contribution < 1.29 is 23.1 Å². The van der Waals surface area contributed by atoms with E-state index in [2.05, 4.69) is 10.3 Å². The Hall–Kier alpha value is -2.83. The Bertz CT molecular complexity index is 784. The predicted molar refractivity (Wildman–Crippen MR) is 95.9 cm³/mol. The molecular weight excluding hydrogens is 354 g/mol. The number of amides is 1. The molecule has 0 radical (unpaired) electrons. The number of hydrogen-bond donors (Lipinski definition) is 1. The molecule has 0 saturated carbocycles. The highest BCUT2D eigenvalue weighted by Gasteiger charge is 2.24. The van der Waals surface area contributed by atoms with Crippen molar-refractivity contribution in [3.63, 3.8) is 0 Å². The number of halogens is 2. The minimum absolute atomic E-state index is 0.0549. The van der Waals surface area contributed by atoms with Crippen molar-refractivity contribution in [3.05, 3.63) is 65.5 Å². The molecule has 0 aliphatic heterocycles. The molecule has 0 saturated heterocycles. The lowest BCUT2D eigenvalue weighted by Crippen LogP contribution is -2.43. The van der Waals surface area contributed by atoms with Crippen molar-refractivity contribution in [2.75, 3.05) is 6.61 Å². The maximum absolute atomic E-state index is 13.9. The smallest absolute Gasteiger partial charge is 0.329 e. The Labute approximate surface area is 156 Å². The van der Waals surface area contributed by atoms with Crippen LogP contribution < -0.4 is 5.32 Å². The number of nitrogens with one attached hydrogen (secondary N) is 1. The largest absolute Gasteiger partial charge is 0.464 e. The summed E-state index contributed by atoms with van der Waals surface area (Å²) in [6.07, 6.45) is 1.73. The summed E-state index contributed by atoms with van der Waals surface area (Å²) in [5, 5.41) is 2.63. The van der Waals surface area contributed by atoms with Crippen molar-refractivity contribution >= 4 is 11.9 Å². The van der Waals surface area contributed by atoms with E-state index < -0.39 is 35.5 Å². The second-order valence-electron chi connectivity index (χ2n) is 6.17. The van der Waals surface area contributed by atoms with Crippen molar-refractivity contribution in [2.45, 2.75) is 38.6 Å². The van der Waals surface area contributed by atoms with E-state index in [1.165, 1.54) is 6.07 Å². The maximum Gasteiger partial charge on any atom is 0.329 e. The van der Waals surface area contributed by atoms with E-state index in [4.69, 9.17) is 4.74 Å². The highest BCUT2D eigenvalue weighted by atomic mass is 19.1. The molecule has 2 rings (SSSR count). The van der Waals surface area contributed by atoms with E-state index in [1.54, 1.807) is 38.2 Å². The van der Waals surface area contributed by atoms with Gasteiger partial charge in [-0.1, -0.05) is 19.1 Å². The van der Waals surface area contributed by atoms with E-state index in [1.807, 2.05) is 0 Å². The lowest BCUT2D eigenvalue weighted by molar-refractivity contribution is -0.147. The van der Waals surface area contributed by atoms with Gasteiger partial charge < -0.3 is 10.1 Å². The second-order valence-corrected chi connectivity index (χ2v) is 6.17. The number of benzene rings is 1. The summed E-state index contributed by atoms with van der Waals surface area (Å²) < 4.78 is 31.9. The number of hydrogen-bond acceptors (Lipinski definition) is 4. The van der Waals surface area contributed by atoms with E-state index in [-0.39, 0.29) is 25.0 Å². The minimum atomic E-state index is -0.891. The van der Waals surface area contributed by atoms with Crippen molar-refractivity contribution in [2.24, 2.45) is 0 Å². The van der Waals surface area contributed by atoms with Gasteiger partial charge in [0.25, 0.3) is 0 Å². The average molecular weight is 376 g/mol. The zero-order chi connectivity index (χ0) is 19.8. The quantitative estimate of drug-likeness (QED) is 0.719. The molecule has 0 bridgehead atoms. The Morgan fingerprint density at radius 3 is 2.63 bits per heavy atom. The van der Waals surface area contributed by atoms with Gasteiger partial charge in [-0.3, -0.25) is 9.78 Å². The average Bonchev–Trinajstić information content (AvgIpc) is 2.62. The molecule has 7 heteroatoms. The summed E-state index contributed by atoms with van der Waals surface area (Å²) in [5.41, 5.74) is 0.873. The first-order valence-corrected chi connectivity index (χ1v) is 8.71. The van der Waals surface area contributed by atoms with Gasteiger partial charge in [-0.15, -0.1) is 0 Å². The molecule has 5 nitrogen and oxygen atoms in total. The molecule has 0 spiro atoms. The maximum atomic E-state index is 13.9. The number of ether oxygens (including phenoxy) is 1. The Balaban J connectivity index is 2.04. The molecule has 0 fully saturated rings. The van der Waals surface area contributed by atoms with E-state index >= 15 is 0 Å². The lowest BCUT2D eigenvalue weighted by Gasteiger charge is -2.19. The number of aromatic nitrogens is 1. The van der Waals surface area contributed by atoms with Gasteiger partial charge in [0.2, 0.25) is 5.91 Å². The van der Waals surface area contributed by atoms with Crippen LogP contribution in [0, 0.1) is 11.6 Å². The molecule has 144 valence electrons. The van der Waals surface area contributed by atoms with Gasteiger partial charge in [0.05, 0.1) is 6.61 Å². The number of carbonyl (C=O) groups excluding carboxylic acids is 2. The summed E-state index contributed by atoms with van der Waals surface area (Å²) in [6.45, 7) is 3.52. The molecule has 1 aromatic carbocycles. The summed E-state index contributed by atoms with van der Waals surface area (Å²) in [7, 11) is 0. The summed E-state index contributed by atoms with van der Waals surface area (Å²) >= 11 is 0. The highest BCUT2D eigenvalue weighted by molar-refractivity contribution is 5.85. The fourth-order valence-electron chi connectivity index (χ4n) is 2.71. The molecule has 2 atom stereocenters. The van der Waals surface area contributed by atoms with Crippen LogP contribution in [0.25, 0.3) is 0 Å². The van der Waals surface area contributed by atoms with Gasteiger partial charge in [0.15, 0.2) is 0 Å². The van der Waals surface area contributed by atoms with Gasteiger partial charge >= 0.3 is 5.97 Å². The first-order valence-electron chi connectivity index (χ1n) is 8.71. The van der Waals surface area contributed by atoms with Crippen LogP contribution >= 0.6 is 0 Å². The van der Waals surface area contributed by atoms with Gasteiger partial charge in [-0.25, -0.2) is 13.6 Å². The van der Waals surface area contributed by atoms with Crippen LogP contribution in [0.15, 0.2) is 42.6 Å². The van der Waals surface area contributed by atoms with E-state index in [0.717, 1.165) is 12.1 Å². The molecule has 1 N–H and O–H groups in total. The molecule has 27 heavy (non-hydrogen) atoms. The Morgan fingerprint density at radius 1 is 1.22 bits per heavy atom. The van der Waals surface area contributed by atoms with Crippen molar-refractivity contribution in [1.82, 2.24) is 10.3 Å². The van der Waals surface area contributed by atoms with Crippen molar-refractivity contribution in [3.8, 4) is 0 Å². The second kappa shape index (κ2) is 9.75. The molecule has 0 aliphatic carbocycles. The summed E-state index contributed by atoms with van der Waals surface area (Å²) in [6, 6.07) is 7.64.